The van der Waals surface area contributed by atoms with Gasteiger partial charge in [-0.15, -0.1) is 0 Å². The number of hydrogen-bond donors (Lipinski definition) is 2. The molecule has 5 nitrogen and oxygen atoms in total. The molecule has 2 aromatic rings. The highest BCUT2D eigenvalue weighted by molar-refractivity contribution is 5.76. The second-order valence-corrected chi connectivity index (χ2v) is 6.90. The second-order valence-electron chi connectivity index (χ2n) is 6.90. The summed E-state index contributed by atoms with van der Waals surface area (Å²) >= 11 is 0. The van der Waals surface area contributed by atoms with Gasteiger partial charge in [-0.3, -0.25) is 4.79 Å². The molecule has 5 heteroatoms. The Labute approximate surface area is 161 Å². The van der Waals surface area contributed by atoms with Gasteiger partial charge in [0.25, 0.3) is 0 Å². The highest BCUT2D eigenvalue weighted by Crippen LogP contribution is 2.35. The van der Waals surface area contributed by atoms with Crippen molar-refractivity contribution in [1.82, 2.24) is 5.32 Å². The van der Waals surface area contributed by atoms with Gasteiger partial charge in [-0.25, -0.2) is 0 Å². The van der Waals surface area contributed by atoms with Crippen LogP contribution in [-0.2, 0) is 17.8 Å². The molecule has 0 unspecified atom stereocenters. The van der Waals surface area contributed by atoms with E-state index in [4.69, 9.17) is 9.47 Å². The van der Waals surface area contributed by atoms with Crippen molar-refractivity contribution in [3.63, 3.8) is 0 Å². The van der Waals surface area contributed by atoms with E-state index < -0.39 is 0 Å². The lowest BCUT2D eigenvalue weighted by Gasteiger charge is -2.14. The number of nitrogens with one attached hydrogen (secondary N) is 2. The predicted octanol–water partition coefficient (Wildman–Crippen LogP) is 3.84. The van der Waals surface area contributed by atoms with Gasteiger partial charge in [-0.2, -0.15) is 0 Å². The summed E-state index contributed by atoms with van der Waals surface area (Å²) in [6, 6.07) is 12.1. The van der Waals surface area contributed by atoms with Crippen molar-refractivity contribution < 1.29 is 14.3 Å². The van der Waals surface area contributed by atoms with Gasteiger partial charge in [0.15, 0.2) is 0 Å². The molecular weight excluding hydrogens is 340 g/mol. The van der Waals surface area contributed by atoms with Crippen LogP contribution in [0.5, 0.6) is 11.5 Å². The quantitative estimate of drug-likeness (QED) is 0.743. The lowest BCUT2D eigenvalue weighted by Crippen LogP contribution is -2.25. The predicted molar refractivity (Wildman–Crippen MR) is 108 cm³/mol. The zero-order chi connectivity index (χ0) is 19.2. The smallest absolute Gasteiger partial charge is 0.222 e. The van der Waals surface area contributed by atoms with E-state index >= 15 is 0 Å². The highest BCUT2D eigenvalue weighted by atomic mass is 16.5. The fourth-order valence-electron chi connectivity index (χ4n) is 3.27. The van der Waals surface area contributed by atoms with E-state index in [1.165, 1.54) is 11.1 Å². The summed E-state index contributed by atoms with van der Waals surface area (Å²) in [7, 11) is 0. The summed E-state index contributed by atoms with van der Waals surface area (Å²) in [6.45, 7) is 7.70. The standard InChI is InChI=1S/C22H28N2O3/c1-4-26-20-12-17-11-16(3)27-21(17)13-18(20)14-24-22(25)9-10-23-19-8-6-5-7-15(19)2/h5-8,12-13,16,23H,4,9-11,14H2,1-3H3,(H,24,25)/t16-/m1/s1. The fourth-order valence-corrected chi connectivity index (χ4v) is 3.27. The highest BCUT2D eigenvalue weighted by Gasteiger charge is 2.22. The van der Waals surface area contributed by atoms with Crippen LogP contribution in [0, 0.1) is 6.92 Å². The average molecular weight is 368 g/mol. The number of hydrogen-bond acceptors (Lipinski definition) is 4. The lowest BCUT2D eigenvalue weighted by molar-refractivity contribution is -0.121. The van der Waals surface area contributed by atoms with E-state index in [0.29, 0.717) is 26.1 Å². The van der Waals surface area contributed by atoms with E-state index in [1.54, 1.807) is 0 Å². The third-order valence-electron chi connectivity index (χ3n) is 4.67. The topological polar surface area (TPSA) is 59.6 Å². The molecule has 0 spiro atoms. The van der Waals surface area contributed by atoms with Crippen molar-refractivity contribution >= 4 is 11.6 Å². The molecule has 0 aliphatic carbocycles. The summed E-state index contributed by atoms with van der Waals surface area (Å²) in [6.07, 6.45) is 1.50. The van der Waals surface area contributed by atoms with Crippen molar-refractivity contribution in [3.8, 4) is 11.5 Å². The average Bonchev–Trinajstić information content (AvgIpc) is 3.00. The number of amides is 1. The number of rotatable bonds is 8. The van der Waals surface area contributed by atoms with Gasteiger partial charge in [0.1, 0.15) is 17.6 Å². The maximum absolute atomic E-state index is 12.2. The molecule has 0 fully saturated rings. The molecule has 144 valence electrons. The van der Waals surface area contributed by atoms with Gasteiger partial charge in [0, 0.05) is 42.7 Å². The van der Waals surface area contributed by atoms with Crippen molar-refractivity contribution in [2.45, 2.75) is 46.3 Å². The molecule has 27 heavy (non-hydrogen) atoms. The number of aryl methyl sites for hydroxylation is 1. The van der Waals surface area contributed by atoms with Crippen LogP contribution < -0.4 is 20.1 Å². The molecule has 0 bridgehead atoms. The van der Waals surface area contributed by atoms with Crippen molar-refractivity contribution in [2.75, 3.05) is 18.5 Å². The molecule has 1 atom stereocenters. The first kappa shape index (κ1) is 19.1. The van der Waals surface area contributed by atoms with Gasteiger partial charge in [0.05, 0.1) is 6.61 Å². The fraction of sp³-hybridized carbons (Fsp3) is 0.409. The number of ether oxygens (including phenoxy) is 2. The number of benzene rings is 2. The zero-order valence-electron chi connectivity index (χ0n) is 16.3. The minimum absolute atomic E-state index is 0.00770. The normalized spacial score (nSPS) is 15.0. The summed E-state index contributed by atoms with van der Waals surface area (Å²) in [5, 5.41) is 6.29. The van der Waals surface area contributed by atoms with Crippen molar-refractivity contribution in [2.24, 2.45) is 0 Å². The van der Waals surface area contributed by atoms with Crippen LogP contribution in [0.2, 0.25) is 0 Å². The Hall–Kier alpha value is -2.69. The molecule has 3 rings (SSSR count). The van der Waals surface area contributed by atoms with Gasteiger partial charge >= 0.3 is 0 Å². The van der Waals surface area contributed by atoms with E-state index in [1.807, 2.05) is 37.3 Å². The third kappa shape index (κ3) is 4.94. The zero-order valence-corrected chi connectivity index (χ0v) is 16.3. The number of carbonyl (C=O) groups excluding carboxylic acids is 1. The minimum atomic E-state index is 0.00770. The monoisotopic (exact) mass is 368 g/mol. The molecule has 0 saturated heterocycles. The number of anilines is 1. The van der Waals surface area contributed by atoms with Crippen LogP contribution in [0.4, 0.5) is 5.69 Å². The molecule has 1 aliphatic rings. The van der Waals surface area contributed by atoms with Crippen LogP contribution in [0.3, 0.4) is 0 Å². The van der Waals surface area contributed by atoms with Gasteiger partial charge in [-0.05, 0) is 44.5 Å². The molecule has 2 N–H and O–H groups in total. The number of carbonyl (C=O) groups is 1. The molecule has 1 heterocycles. The van der Waals surface area contributed by atoms with Crippen LogP contribution in [-0.4, -0.2) is 25.2 Å². The largest absolute Gasteiger partial charge is 0.494 e. The Morgan fingerprint density at radius 1 is 1.30 bits per heavy atom. The van der Waals surface area contributed by atoms with Crippen LogP contribution in [0.15, 0.2) is 36.4 Å². The Balaban J connectivity index is 1.54. The Bertz CT molecular complexity index is 804. The van der Waals surface area contributed by atoms with Crippen LogP contribution in [0.25, 0.3) is 0 Å². The first-order valence-corrected chi connectivity index (χ1v) is 9.58. The molecule has 0 radical (unpaired) electrons. The number of para-hydroxylation sites is 1. The maximum Gasteiger partial charge on any atom is 0.222 e. The van der Waals surface area contributed by atoms with E-state index in [0.717, 1.165) is 29.2 Å². The van der Waals surface area contributed by atoms with Gasteiger partial charge in [0.2, 0.25) is 5.91 Å². The van der Waals surface area contributed by atoms with E-state index in [9.17, 15) is 4.79 Å². The molecule has 0 aromatic heterocycles. The Morgan fingerprint density at radius 3 is 2.89 bits per heavy atom. The number of fused-ring (bicyclic) bond motifs is 1. The SMILES string of the molecule is CCOc1cc2c(cc1CNC(=O)CCNc1ccccc1C)O[C@H](C)C2. The Morgan fingerprint density at radius 2 is 2.11 bits per heavy atom. The first-order chi connectivity index (χ1) is 13.1. The first-order valence-electron chi connectivity index (χ1n) is 9.58. The summed E-state index contributed by atoms with van der Waals surface area (Å²) in [5.41, 5.74) is 4.36. The molecule has 1 aliphatic heterocycles. The molecule has 0 saturated carbocycles. The van der Waals surface area contributed by atoms with E-state index in [-0.39, 0.29) is 12.0 Å². The molecular formula is C22H28N2O3. The lowest BCUT2D eigenvalue weighted by atomic mass is 10.1. The van der Waals surface area contributed by atoms with Crippen molar-refractivity contribution in [1.29, 1.82) is 0 Å². The van der Waals surface area contributed by atoms with E-state index in [2.05, 4.69) is 30.5 Å². The van der Waals surface area contributed by atoms with Crippen LogP contribution >= 0.6 is 0 Å². The third-order valence-corrected chi connectivity index (χ3v) is 4.67. The summed E-state index contributed by atoms with van der Waals surface area (Å²) in [5.74, 6) is 1.73. The maximum atomic E-state index is 12.2. The van der Waals surface area contributed by atoms with Crippen LogP contribution in [0.1, 0.15) is 37.0 Å². The Kier molecular flexibility index (Phi) is 6.22. The summed E-state index contributed by atoms with van der Waals surface area (Å²) in [4.78, 5) is 12.2. The van der Waals surface area contributed by atoms with Gasteiger partial charge in [-0.1, -0.05) is 18.2 Å². The molecule has 2 aromatic carbocycles. The minimum Gasteiger partial charge on any atom is -0.494 e. The van der Waals surface area contributed by atoms with Crippen molar-refractivity contribution in [3.05, 3.63) is 53.1 Å². The summed E-state index contributed by atoms with van der Waals surface area (Å²) < 4.78 is 11.6. The second kappa shape index (κ2) is 8.80. The molecule has 1 amide bonds. The van der Waals surface area contributed by atoms with Gasteiger partial charge < -0.3 is 20.1 Å².